The number of allylic oxidation sites excluding steroid dienone is 13. The first-order chi connectivity index (χ1) is 32.7. The maximum Gasteiger partial charge on any atom is 0.220 e. The van der Waals surface area contributed by atoms with Crippen LogP contribution in [0.5, 0.6) is 0 Å². The summed E-state index contributed by atoms with van der Waals surface area (Å²) in [4.78, 5) is 12.5. The van der Waals surface area contributed by atoms with Gasteiger partial charge in [0.15, 0.2) is 0 Å². The number of nitrogens with one attached hydrogen (secondary N) is 1. The number of carbonyl (C=O) groups excluding carboxylic acids is 1. The molecule has 4 nitrogen and oxygen atoms in total. The Hall–Kier alpha value is -2.43. The van der Waals surface area contributed by atoms with Crippen molar-refractivity contribution in [3.63, 3.8) is 0 Å². The molecule has 0 aromatic heterocycles. The summed E-state index contributed by atoms with van der Waals surface area (Å²) < 4.78 is 0. The Labute approximate surface area is 411 Å². The number of rotatable bonds is 52. The second-order valence-corrected chi connectivity index (χ2v) is 19.3. The average Bonchev–Trinajstić information content (AvgIpc) is 3.32. The van der Waals surface area contributed by atoms with Crippen molar-refractivity contribution in [1.82, 2.24) is 5.32 Å². The fourth-order valence-corrected chi connectivity index (χ4v) is 8.52. The van der Waals surface area contributed by atoms with Crippen molar-refractivity contribution in [2.24, 2.45) is 0 Å². The summed E-state index contributed by atoms with van der Waals surface area (Å²) in [6.45, 7) is 4.19. The molecule has 0 aromatic rings. The zero-order chi connectivity index (χ0) is 47.7. The first-order valence-corrected chi connectivity index (χ1v) is 28.8. The summed E-state index contributed by atoms with van der Waals surface area (Å²) in [5.41, 5.74) is 0. The van der Waals surface area contributed by atoms with Gasteiger partial charge in [-0.25, -0.2) is 0 Å². The van der Waals surface area contributed by atoms with E-state index in [1.807, 2.05) is 6.08 Å². The maximum absolute atomic E-state index is 12.5. The normalized spacial score (nSPS) is 13.5. The van der Waals surface area contributed by atoms with Crippen molar-refractivity contribution in [3.05, 3.63) is 85.1 Å². The highest BCUT2D eigenvalue weighted by Crippen LogP contribution is 2.17. The Morgan fingerprint density at radius 3 is 1.06 bits per heavy atom. The minimum Gasteiger partial charge on any atom is -0.394 e. The van der Waals surface area contributed by atoms with E-state index in [4.69, 9.17) is 0 Å². The van der Waals surface area contributed by atoms with Gasteiger partial charge in [-0.05, 0) is 77.0 Å². The molecule has 0 aromatic carbocycles. The molecule has 0 aliphatic rings. The summed E-state index contributed by atoms with van der Waals surface area (Å²) in [6, 6.07) is -0.656. The second-order valence-electron chi connectivity index (χ2n) is 19.3. The van der Waals surface area contributed by atoms with Gasteiger partial charge in [-0.15, -0.1) is 0 Å². The number of amides is 1. The highest BCUT2D eigenvalue weighted by molar-refractivity contribution is 5.76. The lowest BCUT2D eigenvalue weighted by molar-refractivity contribution is -0.123. The van der Waals surface area contributed by atoms with Gasteiger partial charge in [-0.3, -0.25) is 4.79 Å². The van der Waals surface area contributed by atoms with Crippen molar-refractivity contribution in [1.29, 1.82) is 0 Å². The third-order valence-electron chi connectivity index (χ3n) is 12.9. The first-order valence-electron chi connectivity index (χ1n) is 28.8. The molecule has 66 heavy (non-hydrogen) atoms. The van der Waals surface area contributed by atoms with Crippen molar-refractivity contribution >= 4 is 5.91 Å². The van der Waals surface area contributed by atoms with Crippen LogP contribution in [0.4, 0.5) is 0 Å². The molecular weight excluding hydrogens is 807 g/mol. The van der Waals surface area contributed by atoms with Gasteiger partial charge in [0.05, 0.1) is 18.8 Å². The summed E-state index contributed by atoms with van der Waals surface area (Å²) in [7, 11) is 0. The zero-order valence-corrected chi connectivity index (χ0v) is 43.9. The van der Waals surface area contributed by atoms with Gasteiger partial charge in [0, 0.05) is 6.42 Å². The second kappa shape index (κ2) is 56.9. The monoisotopic (exact) mass is 918 g/mol. The topological polar surface area (TPSA) is 69.6 Å². The Bertz CT molecular complexity index is 1180. The van der Waals surface area contributed by atoms with Gasteiger partial charge in [0.25, 0.3) is 0 Å². The average molecular weight is 919 g/mol. The Balaban J connectivity index is 3.55. The fourth-order valence-electron chi connectivity index (χ4n) is 8.52. The molecule has 2 atom stereocenters. The smallest absolute Gasteiger partial charge is 0.220 e. The number of hydrogen-bond acceptors (Lipinski definition) is 3. The van der Waals surface area contributed by atoms with Crippen molar-refractivity contribution in [3.8, 4) is 0 Å². The van der Waals surface area contributed by atoms with E-state index in [1.54, 1.807) is 6.08 Å². The van der Waals surface area contributed by atoms with Crippen LogP contribution in [0.15, 0.2) is 85.1 Å². The Morgan fingerprint density at radius 2 is 0.682 bits per heavy atom. The number of hydrogen-bond donors (Lipinski definition) is 3. The third-order valence-corrected chi connectivity index (χ3v) is 12.9. The molecule has 2 unspecified atom stereocenters. The van der Waals surface area contributed by atoms with E-state index >= 15 is 0 Å². The van der Waals surface area contributed by atoms with E-state index in [9.17, 15) is 15.0 Å². The van der Waals surface area contributed by atoms with Crippen molar-refractivity contribution in [2.75, 3.05) is 6.61 Å². The van der Waals surface area contributed by atoms with Crippen LogP contribution in [0.2, 0.25) is 0 Å². The van der Waals surface area contributed by atoms with E-state index < -0.39 is 12.1 Å². The lowest BCUT2D eigenvalue weighted by Gasteiger charge is -2.19. The standard InChI is InChI=1S/C62H111NO3/c1-3-5-7-9-11-13-15-17-19-21-23-25-26-27-28-29-30-31-32-33-34-35-36-38-39-41-43-45-47-49-51-53-55-57-61(65)60(59-64)63-62(66)58-56-54-52-50-48-46-44-42-40-37-24-22-20-18-16-14-12-10-8-6-4-2/h6,8,12,14,18,20,24,37,42,44,47,49,55,57,60-61,64-65H,3-5,7,9-11,13,15-17,19,21-23,25-36,38-41,43,45-46,48,50-54,56,58-59H2,1-2H3,(H,63,66)/b8-6-,14-12-,20-18-,37-24-,44-42-,49-47+,57-55+. The van der Waals surface area contributed by atoms with Crippen LogP contribution in [-0.2, 0) is 4.79 Å². The van der Waals surface area contributed by atoms with Gasteiger partial charge in [-0.1, -0.05) is 285 Å². The minimum absolute atomic E-state index is 0.0932. The highest BCUT2D eigenvalue weighted by Gasteiger charge is 2.18. The molecule has 0 heterocycles. The van der Waals surface area contributed by atoms with Crippen molar-refractivity contribution < 1.29 is 15.0 Å². The molecule has 0 bridgehead atoms. The van der Waals surface area contributed by atoms with Gasteiger partial charge in [0.2, 0.25) is 5.91 Å². The van der Waals surface area contributed by atoms with Crippen LogP contribution in [0.3, 0.4) is 0 Å². The largest absolute Gasteiger partial charge is 0.394 e. The van der Waals surface area contributed by atoms with E-state index in [0.29, 0.717) is 6.42 Å². The maximum atomic E-state index is 12.5. The first kappa shape index (κ1) is 63.6. The summed E-state index contributed by atoms with van der Waals surface area (Å²) in [5.74, 6) is -0.0932. The molecule has 0 saturated carbocycles. The predicted molar refractivity (Wildman–Crippen MR) is 294 cm³/mol. The van der Waals surface area contributed by atoms with Crippen molar-refractivity contribution in [2.45, 2.75) is 296 Å². The van der Waals surface area contributed by atoms with Crippen LogP contribution >= 0.6 is 0 Å². The molecule has 0 radical (unpaired) electrons. The number of aliphatic hydroxyl groups is 2. The van der Waals surface area contributed by atoms with Crippen LogP contribution in [-0.4, -0.2) is 34.9 Å². The van der Waals surface area contributed by atoms with E-state index in [0.717, 1.165) is 77.0 Å². The van der Waals surface area contributed by atoms with E-state index in [2.05, 4.69) is 92.1 Å². The molecule has 382 valence electrons. The fraction of sp³-hybridized carbons (Fsp3) is 0.758. The van der Waals surface area contributed by atoms with Gasteiger partial charge in [-0.2, -0.15) is 0 Å². The van der Waals surface area contributed by atoms with Gasteiger partial charge >= 0.3 is 0 Å². The molecule has 4 heteroatoms. The number of aliphatic hydroxyl groups excluding tert-OH is 2. The SMILES string of the molecule is CC/C=C\C/C=C\C/C=C\C/C=C\C/C=C\CCCCCCCC(=O)NC(CO)C(O)/C=C/CC/C=C/CCCCCCCCCCCCCCCCCCCCCCCCCCCCC. The zero-order valence-electron chi connectivity index (χ0n) is 43.9. The lowest BCUT2D eigenvalue weighted by Crippen LogP contribution is -2.45. The molecule has 0 spiro atoms. The van der Waals surface area contributed by atoms with Gasteiger partial charge < -0.3 is 15.5 Å². The molecule has 3 N–H and O–H groups in total. The molecule has 1 amide bonds. The summed E-state index contributed by atoms with van der Waals surface area (Å²) in [5, 5.41) is 23.1. The summed E-state index contributed by atoms with van der Waals surface area (Å²) in [6.07, 6.45) is 83.3. The number of unbranched alkanes of at least 4 members (excludes halogenated alkanes) is 33. The highest BCUT2D eigenvalue weighted by atomic mass is 16.3. The van der Waals surface area contributed by atoms with E-state index in [-0.39, 0.29) is 12.5 Å². The van der Waals surface area contributed by atoms with Crippen LogP contribution in [0.1, 0.15) is 284 Å². The molecule has 0 saturated heterocycles. The molecule has 0 aliphatic heterocycles. The molecule has 0 fully saturated rings. The van der Waals surface area contributed by atoms with E-state index in [1.165, 1.54) is 186 Å². The lowest BCUT2D eigenvalue weighted by atomic mass is 10.0. The van der Waals surface area contributed by atoms with Gasteiger partial charge in [0.1, 0.15) is 0 Å². The minimum atomic E-state index is -0.877. The quantitative estimate of drug-likeness (QED) is 0.0421. The molecule has 0 aliphatic carbocycles. The van der Waals surface area contributed by atoms with Crippen LogP contribution in [0.25, 0.3) is 0 Å². The summed E-state index contributed by atoms with van der Waals surface area (Å²) >= 11 is 0. The third kappa shape index (κ3) is 52.5. The molecular formula is C62H111NO3. The Kier molecular flexibility index (Phi) is 54.8. The Morgan fingerprint density at radius 1 is 0.379 bits per heavy atom. The van der Waals surface area contributed by atoms with Crippen LogP contribution in [0, 0.1) is 0 Å². The molecule has 0 rings (SSSR count). The van der Waals surface area contributed by atoms with Crippen LogP contribution < -0.4 is 5.32 Å². The predicted octanol–water partition coefficient (Wildman–Crippen LogP) is 19.1. The number of carbonyl (C=O) groups is 1.